The van der Waals surface area contributed by atoms with E-state index in [1.807, 2.05) is 12.3 Å². The second-order valence-electron chi connectivity index (χ2n) is 5.22. The Bertz CT molecular complexity index is 521. The molecular weight excluding hydrogens is 232 g/mol. The van der Waals surface area contributed by atoms with Gasteiger partial charge in [0.1, 0.15) is 0 Å². The molecule has 2 heteroatoms. The number of nitrogens with one attached hydrogen (secondary N) is 1. The minimum atomic E-state index is 0.282. The molecular formula is C17H24N2. The van der Waals surface area contributed by atoms with E-state index in [0.29, 0.717) is 0 Å². The summed E-state index contributed by atoms with van der Waals surface area (Å²) in [5.74, 6) is 0. The maximum atomic E-state index is 4.36. The third-order valence-electron chi connectivity index (χ3n) is 4.37. The van der Waals surface area contributed by atoms with E-state index in [1.54, 1.807) is 0 Å². The fourth-order valence-electron chi connectivity index (χ4n) is 2.65. The van der Waals surface area contributed by atoms with Crippen molar-refractivity contribution in [3.63, 3.8) is 0 Å². The van der Waals surface area contributed by atoms with Crippen LogP contribution in [-0.2, 0) is 6.54 Å². The van der Waals surface area contributed by atoms with E-state index in [2.05, 4.69) is 55.3 Å². The van der Waals surface area contributed by atoms with Gasteiger partial charge in [-0.05, 0) is 43.0 Å². The molecule has 1 N–H and O–H groups in total. The molecule has 2 aromatic rings. The van der Waals surface area contributed by atoms with Crippen LogP contribution in [0.25, 0.3) is 10.9 Å². The maximum Gasteiger partial charge on any atom is 0.0702 e. The predicted octanol–water partition coefficient (Wildman–Crippen LogP) is 4.29. The number of pyridine rings is 1. The molecule has 0 saturated carbocycles. The monoisotopic (exact) mass is 256 g/mol. The smallest absolute Gasteiger partial charge is 0.0702 e. The average molecular weight is 256 g/mol. The standard InChI is InChI=1S/C17H24N2/c1-4-17(5-2,6-3)19-13-14-9-10-16-15(12-14)8-7-11-18-16/h7-12,19H,4-6,13H2,1-3H3. The van der Waals surface area contributed by atoms with Gasteiger partial charge >= 0.3 is 0 Å². The molecule has 0 saturated heterocycles. The molecule has 19 heavy (non-hydrogen) atoms. The molecule has 0 unspecified atom stereocenters. The summed E-state index contributed by atoms with van der Waals surface area (Å²) in [6.45, 7) is 7.74. The molecule has 0 amide bonds. The molecule has 0 aliphatic heterocycles. The zero-order valence-corrected chi connectivity index (χ0v) is 12.2. The average Bonchev–Trinajstić information content (AvgIpc) is 2.49. The van der Waals surface area contributed by atoms with E-state index >= 15 is 0 Å². The number of hydrogen-bond acceptors (Lipinski definition) is 2. The van der Waals surface area contributed by atoms with Gasteiger partial charge in [-0.2, -0.15) is 0 Å². The SMILES string of the molecule is CCC(CC)(CC)NCc1ccc2ncccc2c1. The first-order chi connectivity index (χ1) is 9.23. The Morgan fingerprint density at radius 3 is 2.47 bits per heavy atom. The quantitative estimate of drug-likeness (QED) is 0.833. The first-order valence-electron chi connectivity index (χ1n) is 7.31. The Balaban J connectivity index is 2.13. The summed E-state index contributed by atoms with van der Waals surface area (Å²) in [4.78, 5) is 4.36. The summed E-state index contributed by atoms with van der Waals surface area (Å²) in [6, 6.07) is 10.6. The van der Waals surface area contributed by atoms with Crippen LogP contribution in [0.4, 0.5) is 0 Å². The molecule has 0 fully saturated rings. The lowest BCUT2D eigenvalue weighted by atomic mass is 9.89. The molecule has 2 rings (SSSR count). The van der Waals surface area contributed by atoms with Gasteiger partial charge in [0.25, 0.3) is 0 Å². The van der Waals surface area contributed by atoms with Crippen molar-refractivity contribution in [2.45, 2.75) is 52.1 Å². The van der Waals surface area contributed by atoms with Crippen LogP contribution in [0.3, 0.4) is 0 Å². The molecule has 102 valence electrons. The number of fused-ring (bicyclic) bond motifs is 1. The van der Waals surface area contributed by atoms with E-state index in [-0.39, 0.29) is 5.54 Å². The molecule has 0 aliphatic rings. The highest BCUT2D eigenvalue weighted by molar-refractivity contribution is 5.78. The van der Waals surface area contributed by atoms with Crippen molar-refractivity contribution >= 4 is 10.9 Å². The lowest BCUT2D eigenvalue weighted by Crippen LogP contribution is -2.43. The fraction of sp³-hybridized carbons (Fsp3) is 0.471. The molecule has 0 radical (unpaired) electrons. The lowest BCUT2D eigenvalue weighted by Gasteiger charge is -2.32. The minimum absolute atomic E-state index is 0.282. The summed E-state index contributed by atoms with van der Waals surface area (Å²) in [5, 5.41) is 4.96. The van der Waals surface area contributed by atoms with Crippen LogP contribution in [0.5, 0.6) is 0 Å². The molecule has 0 spiro atoms. The number of nitrogens with zero attached hydrogens (tertiary/aromatic N) is 1. The third kappa shape index (κ3) is 3.13. The number of benzene rings is 1. The number of aromatic nitrogens is 1. The summed E-state index contributed by atoms with van der Waals surface area (Å²) in [7, 11) is 0. The van der Waals surface area contributed by atoms with Gasteiger partial charge in [-0.1, -0.05) is 32.9 Å². The fourth-order valence-corrected chi connectivity index (χ4v) is 2.65. The van der Waals surface area contributed by atoms with E-state index in [4.69, 9.17) is 0 Å². The second-order valence-corrected chi connectivity index (χ2v) is 5.22. The van der Waals surface area contributed by atoms with E-state index in [0.717, 1.165) is 12.1 Å². The second kappa shape index (κ2) is 6.16. The molecule has 0 bridgehead atoms. The van der Waals surface area contributed by atoms with Crippen molar-refractivity contribution in [2.24, 2.45) is 0 Å². The molecule has 0 atom stereocenters. The maximum absolute atomic E-state index is 4.36. The van der Waals surface area contributed by atoms with Gasteiger partial charge in [0.2, 0.25) is 0 Å². The first-order valence-corrected chi connectivity index (χ1v) is 7.31. The highest BCUT2D eigenvalue weighted by Crippen LogP contribution is 2.21. The zero-order chi connectivity index (χ0) is 13.7. The Morgan fingerprint density at radius 2 is 1.79 bits per heavy atom. The molecule has 1 aromatic heterocycles. The zero-order valence-electron chi connectivity index (χ0n) is 12.2. The van der Waals surface area contributed by atoms with Crippen molar-refractivity contribution in [3.05, 3.63) is 42.1 Å². The number of hydrogen-bond donors (Lipinski definition) is 1. The number of rotatable bonds is 6. The third-order valence-corrected chi connectivity index (χ3v) is 4.37. The van der Waals surface area contributed by atoms with Gasteiger partial charge in [0.05, 0.1) is 5.52 Å². The van der Waals surface area contributed by atoms with Crippen LogP contribution in [-0.4, -0.2) is 10.5 Å². The predicted molar refractivity (Wildman–Crippen MR) is 82.2 cm³/mol. The van der Waals surface area contributed by atoms with E-state index < -0.39 is 0 Å². The van der Waals surface area contributed by atoms with Crippen LogP contribution in [0, 0.1) is 0 Å². The van der Waals surface area contributed by atoms with Gasteiger partial charge in [-0.25, -0.2) is 0 Å². The van der Waals surface area contributed by atoms with Crippen molar-refractivity contribution < 1.29 is 0 Å². The summed E-state index contributed by atoms with van der Waals surface area (Å²) < 4.78 is 0. The van der Waals surface area contributed by atoms with Crippen LogP contribution in [0.1, 0.15) is 45.6 Å². The lowest BCUT2D eigenvalue weighted by molar-refractivity contribution is 0.288. The van der Waals surface area contributed by atoms with Crippen LogP contribution >= 0.6 is 0 Å². The Kier molecular flexibility index (Phi) is 4.54. The van der Waals surface area contributed by atoms with Gasteiger partial charge in [0.15, 0.2) is 0 Å². The van der Waals surface area contributed by atoms with Gasteiger partial charge < -0.3 is 5.32 Å². The van der Waals surface area contributed by atoms with Crippen LogP contribution in [0.2, 0.25) is 0 Å². The molecule has 1 heterocycles. The van der Waals surface area contributed by atoms with Gasteiger partial charge in [-0.3, -0.25) is 4.98 Å². The van der Waals surface area contributed by atoms with Crippen LogP contribution < -0.4 is 5.32 Å². The summed E-state index contributed by atoms with van der Waals surface area (Å²) in [6.07, 6.45) is 5.37. The topological polar surface area (TPSA) is 24.9 Å². The Hall–Kier alpha value is -1.41. The summed E-state index contributed by atoms with van der Waals surface area (Å²) in [5.41, 5.74) is 2.68. The Labute approximate surface area is 116 Å². The first kappa shape index (κ1) is 14.0. The van der Waals surface area contributed by atoms with E-state index in [9.17, 15) is 0 Å². The van der Waals surface area contributed by atoms with Crippen molar-refractivity contribution in [3.8, 4) is 0 Å². The summed E-state index contributed by atoms with van der Waals surface area (Å²) >= 11 is 0. The molecule has 1 aromatic carbocycles. The van der Waals surface area contributed by atoms with E-state index in [1.165, 1.54) is 30.2 Å². The van der Waals surface area contributed by atoms with Crippen molar-refractivity contribution in [1.82, 2.24) is 10.3 Å². The Morgan fingerprint density at radius 1 is 1.05 bits per heavy atom. The largest absolute Gasteiger partial charge is 0.307 e. The van der Waals surface area contributed by atoms with Crippen LogP contribution in [0.15, 0.2) is 36.5 Å². The molecule has 0 aliphatic carbocycles. The van der Waals surface area contributed by atoms with Crippen molar-refractivity contribution in [2.75, 3.05) is 0 Å². The van der Waals surface area contributed by atoms with Gasteiger partial charge in [0, 0.05) is 23.7 Å². The van der Waals surface area contributed by atoms with Crippen molar-refractivity contribution in [1.29, 1.82) is 0 Å². The normalized spacial score (nSPS) is 11.9. The molecule has 2 nitrogen and oxygen atoms in total. The highest BCUT2D eigenvalue weighted by Gasteiger charge is 2.22. The minimum Gasteiger partial charge on any atom is -0.307 e. The highest BCUT2D eigenvalue weighted by atomic mass is 15.0. The van der Waals surface area contributed by atoms with Gasteiger partial charge in [-0.15, -0.1) is 0 Å².